The number of aryl methyl sites for hydroxylation is 1. The molecule has 2 unspecified atom stereocenters. The summed E-state index contributed by atoms with van der Waals surface area (Å²) in [6.07, 6.45) is 2.46. The Morgan fingerprint density at radius 1 is 1.67 bits per heavy atom. The molecule has 0 amide bonds. The molecule has 0 aliphatic heterocycles. The summed E-state index contributed by atoms with van der Waals surface area (Å²) in [4.78, 5) is 0.246. The van der Waals surface area contributed by atoms with Gasteiger partial charge in [-0.3, -0.25) is 5.10 Å². The van der Waals surface area contributed by atoms with Gasteiger partial charge in [0.1, 0.15) is 4.90 Å². The Hall–Kier alpha value is -0.880. The number of H-pyrrole nitrogens is 1. The maximum absolute atomic E-state index is 11.8. The molecule has 2 rings (SSSR count). The number of nitrogens with one attached hydrogen (secondary N) is 2. The summed E-state index contributed by atoms with van der Waals surface area (Å²) < 4.78 is 26.2. The van der Waals surface area contributed by atoms with Gasteiger partial charge in [-0.2, -0.15) is 5.10 Å². The van der Waals surface area contributed by atoms with Crippen molar-refractivity contribution < 1.29 is 8.42 Å². The van der Waals surface area contributed by atoms with Crippen LogP contribution in [0.5, 0.6) is 0 Å². The van der Waals surface area contributed by atoms with Crippen LogP contribution < -0.4 is 4.72 Å². The molecule has 0 bridgehead atoms. The van der Waals surface area contributed by atoms with E-state index in [4.69, 9.17) is 0 Å². The predicted molar refractivity (Wildman–Crippen MR) is 55.8 cm³/mol. The van der Waals surface area contributed by atoms with Gasteiger partial charge in [0, 0.05) is 6.54 Å². The van der Waals surface area contributed by atoms with E-state index in [1.165, 1.54) is 6.20 Å². The van der Waals surface area contributed by atoms with Crippen molar-refractivity contribution in [2.45, 2.75) is 25.2 Å². The molecule has 0 saturated heterocycles. The van der Waals surface area contributed by atoms with E-state index in [0.29, 0.717) is 24.1 Å². The average Bonchev–Trinajstić information content (AvgIpc) is 2.67. The third kappa shape index (κ3) is 2.21. The first kappa shape index (κ1) is 10.6. The average molecular weight is 229 g/mol. The van der Waals surface area contributed by atoms with Crippen molar-refractivity contribution in [2.24, 2.45) is 11.8 Å². The minimum absolute atomic E-state index is 0.246. The van der Waals surface area contributed by atoms with Crippen LogP contribution >= 0.6 is 0 Å². The van der Waals surface area contributed by atoms with Gasteiger partial charge in [0.25, 0.3) is 0 Å². The van der Waals surface area contributed by atoms with Crippen molar-refractivity contribution in [3.63, 3.8) is 0 Å². The van der Waals surface area contributed by atoms with E-state index < -0.39 is 10.0 Å². The van der Waals surface area contributed by atoms with E-state index in [1.54, 1.807) is 6.92 Å². The third-order valence-corrected chi connectivity index (χ3v) is 4.42. The number of rotatable bonds is 4. The molecule has 1 aliphatic carbocycles. The van der Waals surface area contributed by atoms with Crippen molar-refractivity contribution >= 4 is 10.0 Å². The molecule has 0 spiro atoms. The molecule has 2 N–H and O–H groups in total. The molecule has 1 saturated carbocycles. The van der Waals surface area contributed by atoms with Gasteiger partial charge in [-0.1, -0.05) is 6.92 Å². The molecule has 1 aromatic rings. The van der Waals surface area contributed by atoms with Crippen LogP contribution in [0.15, 0.2) is 11.1 Å². The summed E-state index contributed by atoms with van der Waals surface area (Å²) >= 11 is 0. The Morgan fingerprint density at radius 3 is 2.80 bits per heavy atom. The van der Waals surface area contributed by atoms with E-state index in [9.17, 15) is 8.42 Å². The number of nitrogens with zero attached hydrogens (tertiary/aromatic N) is 1. The molecular weight excluding hydrogens is 214 g/mol. The van der Waals surface area contributed by atoms with E-state index in [0.717, 1.165) is 6.42 Å². The Kier molecular flexibility index (Phi) is 2.56. The smallest absolute Gasteiger partial charge is 0.243 e. The zero-order valence-corrected chi connectivity index (χ0v) is 9.63. The second kappa shape index (κ2) is 3.61. The second-order valence-corrected chi connectivity index (χ2v) is 5.92. The summed E-state index contributed by atoms with van der Waals surface area (Å²) in [6, 6.07) is 0. The highest BCUT2D eigenvalue weighted by Crippen LogP contribution is 2.37. The van der Waals surface area contributed by atoms with Crippen LogP contribution in [-0.2, 0) is 10.0 Å². The van der Waals surface area contributed by atoms with Gasteiger partial charge >= 0.3 is 0 Å². The predicted octanol–water partition coefficient (Wildman–Crippen LogP) is 0.652. The van der Waals surface area contributed by atoms with Gasteiger partial charge in [0.15, 0.2) is 0 Å². The minimum Gasteiger partial charge on any atom is -0.281 e. The molecule has 1 aliphatic rings. The topological polar surface area (TPSA) is 74.8 Å². The Bertz CT molecular complexity index is 452. The number of hydrogen-bond acceptors (Lipinski definition) is 3. The van der Waals surface area contributed by atoms with Crippen LogP contribution in [0.4, 0.5) is 0 Å². The molecule has 6 heteroatoms. The molecule has 1 aromatic heterocycles. The van der Waals surface area contributed by atoms with E-state index in [-0.39, 0.29) is 4.90 Å². The highest BCUT2D eigenvalue weighted by molar-refractivity contribution is 7.89. The van der Waals surface area contributed by atoms with Crippen molar-refractivity contribution in [3.8, 4) is 0 Å². The zero-order valence-electron chi connectivity index (χ0n) is 8.82. The van der Waals surface area contributed by atoms with Crippen molar-refractivity contribution in [1.29, 1.82) is 0 Å². The molecular formula is C9H15N3O2S. The molecule has 15 heavy (non-hydrogen) atoms. The Morgan fingerprint density at radius 2 is 2.33 bits per heavy atom. The summed E-state index contributed by atoms with van der Waals surface area (Å²) in [5, 5.41) is 6.32. The van der Waals surface area contributed by atoms with Gasteiger partial charge in [-0.15, -0.1) is 0 Å². The number of hydrogen-bond donors (Lipinski definition) is 2. The van der Waals surface area contributed by atoms with Gasteiger partial charge in [-0.25, -0.2) is 13.1 Å². The zero-order chi connectivity index (χ0) is 11.1. The first-order valence-corrected chi connectivity index (χ1v) is 6.48. The Balaban J connectivity index is 2.04. The molecule has 0 radical (unpaired) electrons. The normalized spacial score (nSPS) is 25.5. The number of aromatic nitrogens is 2. The largest absolute Gasteiger partial charge is 0.281 e. The van der Waals surface area contributed by atoms with E-state index in [2.05, 4.69) is 21.8 Å². The Labute approximate surface area is 89.3 Å². The lowest BCUT2D eigenvalue weighted by molar-refractivity contribution is 0.574. The maximum atomic E-state index is 11.8. The van der Waals surface area contributed by atoms with Crippen molar-refractivity contribution in [2.75, 3.05) is 6.54 Å². The van der Waals surface area contributed by atoms with Gasteiger partial charge in [-0.05, 0) is 25.2 Å². The molecule has 2 atom stereocenters. The van der Waals surface area contributed by atoms with Crippen molar-refractivity contribution in [3.05, 3.63) is 11.9 Å². The summed E-state index contributed by atoms with van der Waals surface area (Å²) in [6.45, 7) is 4.36. The first-order chi connectivity index (χ1) is 7.00. The lowest BCUT2D eigenvalue weighted by atomic mass is 10.3. The van der Waals surface area contributed by atoms with Gasteiger partial charge in [0.2, 0.25) is 10.0 Å². The standard InChI is InChI=1S/C9H15N3O2S/c1-6-3-8(6)4-11-15(13,14)9-5-10-12-7(9)2/h5-6,8,11H,3-4H2,1-2H3,(H,10,12). The van der Waals surface area contributed by atoms with Crippen LogP contribution in [0, 0.1) is 18.8 Å². The molecule has 0 aromatic carbocycles. The third-order valence-electron chi connectivity index (χ3n) is 2.88. The number of sulfonamides is 1. The lowest BCUT2D eigenvalue weighted by Gasteiger charge is -2.04. The quantitative estimate of drug-likeness (QED) is 0.796. The van der Waals surface area contributed by atoms with Crippen LogP contribution in [0.1, 0.15) is 19.0 Å². The van der Waals surface area contributed by atoms with Crippen LogP contribution in [0.2, 0.25) is 0 Å². The fourth-order valence-electron chi connectivity index (χ4n) is 1.59. The summed E-state index contributed by atoms with van der Waals surface area (Å²) in [5.41, 5.74) is 0.575. The highest BCUT2D eigenvalue weighted by Gasteiger charge is 2.33. The molecule has 1 fully saturated rings. The SMILES string of the molecule is Cc1[nH]ncc1S(=O)(=O)NCC1CC1C. The van der Waals surface area contributed by atoms with Crippen LogP contribution in [0.25, 0.3) is 0 Å². The van der Waals surface area contributed by atoms with Crippen LogP contribution in [0.3, 0.4) is 0 Å². The summed E-state index contributed by atoms with van der Waals surface area (Å²) in [7, 11) is -3.37. The van der Waals surface area contributed by atoms with E-state index in [1.807, 2.05) is 0 Å². The van der Waals surface area contributed by atoms with E-state index >= 15 is 0 Å². The second-order valence-electron chi connectivity index (χ2n) is 4.18. The molecule has 1 heterocycles. The lowest BCUT2D eigenvalue weighted by Crippen LogP contribution is -2.26. The van der Waals surface area contributed by atoms with Crippen LogP contribution in [-0.4, -0.2) is 25.2 Å². The monoisotopic (exact) mass is 229 g/mol. The number of aromatic amines is 1. The van der Waals surface area contributed by atoms with Crippen molar-refractivity contribution in [1.82, 2.24) is 14.9 Å². The molecule has 5 nitrogen and oxygen atoms in total. The minimum atomic E-state index is -3.37. The highest BCUT2D eigenvalue weighted by atomic mass is 32.2. The van der Waals surface area contributed by atoms with Gasteiger partial charge < -0.3 is 0 Å². The van der Waals surface area contributed by atoms with Gasteiger partial charge in [0.05, 0.1) is 11.9 Å². The summed E-state index contributed by atoms with van der Waals surface area (Å²) in [5.74, 6) is 1.16. The fraction of sp³-hybridized carbons (Fsp3) is 0.667. The maximum Gasteiger partial charge on any atom is 0.243 e. The molecule has 84 valence electrons. The first-order valence-electron chi connectivity index (χ1n) is 5.00. The fourth-order valence-corrected chi connectivity index (χ4v) is 2.82.